The highest BCUT2D eigenvalue weighted by atomic mass is 16.5. The fraction of sp³-hybridized carbons (Fsp3) is 0.786. The summed E-state index contributed by atoms with van der Waals surface area (Å²) in [6, 6.07) is 0. The van der Waals surface area contributed by atoms with Gasteiger partial charge in [0, 0.05) is 13.7 Å². The number of hydrogen-bond donors (Lipinski definition) is 1. The Hall–Kier alpha value is -1.47. The summed E-state index contributed by atoms with van der Waals surface area (Å²) in [6.45, 7) is 4.62. The molecule has 1 atom stereocenters. The van der Waals surface area contributed by atoms with Crippen molar-refractivity contribution in [3.63, 3.8) is 0 Å². The summed E-state index contributed by atoms with van der Waals surface area (Å²) < 4.78 is 10.6. The van der Waals surface area contributed by atoms with Gasteiger partial charge in [-0.1, -0.05) is 18.0 Å². The summed E-state index contributed by atoms with van der Waals surface area (Å²) in [4.78, 5) is 18.2. The molecular weight excluding hydrogens is 272 g/mol. The third-order valence-corrected chi connectivity index (χ3v) is 3.90. The van der Waals surface area contributed by atoms with Crippen LogP contribution in [-0.2, 0) is 16.1 Å². The van der Waals surface area contributed by atoms with Crippen molar-refractivity contribution in [2.45, 2.75) is 57.7 Å². The summed E-state index contributed by atoms with van der Waals surface area (Å²) >= 11 is 0. The van der Waals surface area contributed by atoms with Crippen LogP contribution in [0.15, 0.2) is 4.52 Å². The molecular formula is C14H24N4O3. The predicted molar refractivity (Wildman–Crippen MR) is 76.2 cm³/mol. The van der Waals surface area contributed by atoms with Gasteiger partial charge in [-0.15, -0.1) is 0 Å². The molecule has 1 fully saturated rings. The van der Waals surface area contributed by atoms with E-state index in [0.717, 1.165) is 25.7 Å². The lowest BCUT2D eigenvalue weighted by Crippen LogP contribution is -2.52. The average molecular weight is 296 g/mol. The highest BCUT2D eigenvalue weighted by molar-refractivity contribution is 5.86. The number of rotatable bonds is 6. The van der Waals surface area contributed by atoms with Crippen LogP contribution < -0.4 is 5.73 Å². The number of amides is 1. The van der Waals surface area contributed by atoms with Crippen molar-refractivity contribution in [3.05, 3.63) is 11.7 Å². The second-order valence-corrected chi connectivity index (χ2v) is 5.67. The minimum Gasteiger partial charge on any atom is -0.371 e. The van der Waals surface area contributed by atoms with Gasteiger partial charge in [-0.05, 0) is 26.7 Å². The Kier molecular flexibility index (Phi) is 4.95. The molecule has 1 amide bonds. The molecule has 1 aromatic rings. The number of carbonyl (C=O) groups is 1. The van der Waals surface area contributed by atoms with Crippen molar-refractivity contribution >= 4 is 5.91 Å². The van der Waals surface area contributed by atoms with Gasteiger partial charge in [-0.25, -0.2) is 0 Å². The van der Waals surface area contributed by atoms with Crippen LogP contribution >= 0.6 is 0 Å². The molecule has 0 bridgehead atoms. The van der Waals surface area contributed by atoms with E-state index >= 15 is 0 Å². The zero-order valence-corrected chi connectivity index (χ0v) is 13.0. The maximum absolute atomic E-state index is 12.4. The van der Waals surface area contributed by atoms with Crippen LogP contribution in [0.25, 0.3) is 0 Å². The molecule has 21 heavy (non-hydrogen) atoms. The molecule has 1 heterocycles. The molecule has 1 aliphatic rings. The van der Waals surface area contributed by atoms with Gasteiger partial charge < -0.3 is 19.9 Å². The number of hydrogen-bond acceptors (Lipinski definition) is 6. The standard InChI is InChI=1S/C14H24N4O3/c1-4-20-10(2)12-16-11(21-17-12)9-18(3)13(19)14(15)7-5-6-8-14/h10H,4-9,15H2,1-3H3. The first-order valence-electron chi connectivity index (χ1n) is 7.45. The van der Waals surface area contributed by atoms with Gasteiger partial charge in [-0.2, -0.15) is 4.98 Å². The molecule has 1 aromatic heterocycles. The minimum absolute atomic E-state index is 0.0578. The summed E-state index contributed by atoms with van der Waals surface area (Å²) in [5.74, 6) is 0.836. The second-order valence-electron chi connectivity index (χ2n) is 5.67. The van der Waals surface area contributed by atoms with E-state index in [2.05, 4.69) is 10.1 Å². The van der Waals surface area contributed by atoms with Crippen LogP contribution in [0.4, 0.5) is 0 Å². The lowest BCUT2D eigenvalue weighted by Gasteiger charge is -2.27. The first-order valence-corrected chi connectivity index (χ1v) is 7.45. The van der Waals surface area contributed by atoms with Gasteiger partial charge in [0.25, 0.3) is 0 Å². The summed E-state index contributed by atoms with van der Waals surface area (Å²) in [5, 5.41) is 3.88. The summed E-state index contributed by atoms with van der Waals surface area (Å²) in [5.41, 5.74) is 5.45. The molecule has 1 saturated carbocycles. The zero-order chi connectivity index (χ0) is 15.5. The first kappa shape index (κ1) is 15.9. The van der Waals surface area contributed by atoms with Crippen molar-refractivity contribution < 1.29 is 14.1 Å². The molecule has 0 aliphatic heterocycles. The van der Waals surface area contributed by atoms with E-state index in [0.29, 0.717) is 18.3 Å². The van der Waals surface area contributed by atoms with Crippen molar-refractivity contribution in [1.29, 1.82) is 0 Å². The van der Waals surface area contributed by atoms with Crippen molar-refractivity contribution in [3.8, 4) is 0 Å². The number of likely N-dealkylation sites (N-methyl/N-ethyl adjacent to an activating group) is 1. The number of carbonyl (C=O) groups excluding carboxylic acids is 1. The maximum Gasteiger partial charge on any atom is 0.246 e. The van der Waals surface area contributed by atoms with E-state index in [4.69, 9.17) is 15.0 Å². The Morgan fingerprint density at radius 1 is 1.52 bits per heavy atom. The monoisotopic (exact) mass is 296 g/mol. The van der Waals surface area contributed by atoms with Gasteiger partial charge in [0.2, 0.25) is 11.8 Å². The normalized spacial score (nSPS) is 18.7. The van der Waals surface area contributed by atoms with Crippen LogP contribution in [0.3, 0.4) is 0 Å². The molecule has 7 heteroatoms. The molecule has 1 aliphatic carbocycles. The van der Waals surface area contributed by atoms with Gasteiger partial charge in [0.1, 0.15) is 6.10 Å². The van der Waals surface area contributed by atoms with E-state index in [-0.39, 0.29) is 18.6 Å². The Labute approximate surface area is 124 Å². The third-order valence-electron chi connectivity index (χ3n) is 3.90. The smallest absolute Gasteiger partial charge is 0.246 e. The Balaban J connectivity index is 1.96. The highest BCUT2D eigenvalue weighted by Crippen LogP contribution is 2.29. The van der Waals surface area contributed by atoms with Gasteiger partial charge >= 0.3 is 0 Å². The molecule has 0 spiro atoms. The van der Waals surface area contributed by atoms with E-state index in [1.165, 1.54) is 0 Å². The van der Waals surface area contributed by atoms with Gasteiger partial charge in [-0.3, -0.25) is 4.79 Å². The van der Waals surface area contributed by atoms with Crippen LogP contribution in [0.5, 0.6) is 0 Å². The minimum atomic E-state index is -0.726. The van der Waals surface area contributed by atoms with Crippen LogP contribution in [0.2, 0.25) is 0 Å². The van der Waals surface area contributed by atoms with Crippen LogP contribution in [0, 0.1) is 0 Å². The van der Waals surface area contributed by atoms with E-state index in [9.17, 15) is 4.79 Å². The molecule has 7 nitrogen and oxygen atoms in total. The Morgan fingerprint density at radius 2 is 2.19 bits per heavy atom. The lowest BCUT2D eigenvalue weighted by molar-refractivity contribution is -0.136. The van der Waals surface area contributed by atoms with Crippen molar-refractivity contribution in [2.24, 2.45) is 5.73 Å². The van der Waals surface area contributed by atoms with Crippen molar-refractivity contribution in [2.75, 3.05) is 13.7 Å². The fourth-order valence-electron chi connectivity index (χ4n) is 2.70. The van der Waals surface area contributed by atoms with Gasteiger partial charge in [0.05, 0.1) is 12.1 Å². The maximum atomic E-state index is 12.4. The topological polar surface area (TPSA) is 94.5 Å². The third kappa shape index (κ3) is 3.59. The van der Waals surface area contributed by atoms with E-state index in [1.54, 1.807) is 11.9 Å². The SMILES string of the molecule is CCOC(C)c1noc(CN(C)C(=O)C2(N)CCCC2)n1. The van der Waals surface area contributed by atoms with Crippen LogP contribution in [0.1, 0.15) is 57.3 Å². The number of ether oxygens (including phenoxy) is 1. The zero-order valence-electron chi connectivity index (χ0n) is 13.0. The molecule has 118 valence electrons. The number of nitrogens with zero attached hydrogens (tertiary/aromatic N) is 3. The number of aromatic nitrogens is 2. The summed E-state index contributed by atoms with van der Waals surface area (Å²) in [6.07, 6.45) is 3.28. The Bertz CT molecular complexity index is 482. The predicted octanol–water partition coefficient (Wildman–Crippen LogP) is 1.40. The molecule has 0 saturated heterocycles. The Morgan fingerprint density at radius 3 is 2.81 bits per heavy atom. The van der Waals surface area contributed by atoms with E-state index < -0.39 is 5.54 Å². The van der Waals surface area contributed by atoms with Crippen molar-refractivity contribution in [1.82, 2.24) is 15.0 Å². The lowest BCUT2D eigenvalue weighted by atomic mass is 9.97. The molecule has 0 aromatic carbocycles. The van der Waals surface area contributed by atoms with Gasteiger partial charge in [0.15, 0.2) is 5.82 Å². The summed E-state index contributed by atoms with van der Waals surface area (Å²) in [7, 11) is 1.71. The highest BCUT2D eigenvalue weighted by Gasteiger charge is 2.39. The first-order chi connectivity index (χ1) is 9.96. The van der Waals surface area contributed by atoms with Crippen LogP contribution in [-0.4, -0.2) is 40.1 Å². The fourth-order valence-corrected chi connectivity index (χ4v) is 2.70. The van der Waals surface area contributed by atoms with E-state index in [1.807, 2.05) is 13.8 Å². The molecule has 1 unspecified atom stereocenters. The largest absolute Gasteiger partial charge is 0.371 e. The number of nitrogens with two attached hydrogens (primary N) is 1. The second kappa shape index (κ2) is 6.53. The molecule has 2 N–H and O–H groups in total. The average Bonchev–Trinajstić information content (AvgIpc) is 3.08. The molecule has 0 radical (unpaired) electrons. The molecule has 2 rings (SSSR count). The quantitative estimate of drug-likeness (QED) is 0.852.